The number of rotatable bonds is 1. The Hall–Kier alpha value is -1.45. The third-order valence-electron chi connectivity index (χ3n) is 1.36. The highest BCUT2D eigenvalue weighted by molar-refractivity contribution is 5.05. The average molecular weight is 137 g/mol. The van der Waals surface area contributed by atoms with Gasteiger partial charge < -0.3 is 15.1 Å². The average Bonchev–Trinajstić information content (AvgIpc) is 2.59. The zero-order valence-electron chi connectivity index (χ0n) is 5.24. The van der Waals surface area contributed by atoms with Crippen molar-refractivity contribution in [1.82, 2.24) is 15.6 Å². The number of nitrogens with zero attached hydrogens (tertiary/aromatic N) is 1. The van der Waals surface area contributed by atoms with Crippen LogP contribution in [0.4, 0.5) is 0 Å². The van der Waals surface area contributed by atoms with E-state index in [-0.39, 0.29) is 6.17 Å². The summed E-state index contributed by atoms with van der Waals surface area (Å²) in [5.74, 6) is 0. The van der Waals surface area contributed by atoms with Crippen molar-refractivity contribution in [2.45, 2.75) is 6.17 Å². The summed E-state index contributed by atoms with van der Waals surface area (Å²) in [7, 11) is 0. The molecule has 52 valence electrons. The standard InChI is InChI=1S/C6H7N3O/c1-2-8-6(7-1)5-3-10-4-9-5/h1-4,6-8H. The number of hydrogen-bond donors (Lipinski definition) is 2. The van der Waals surface area contributed by atoms with Crippen LogP contribution in [0.15, 0.2) is 29.5 Å². The van der Waals surface area contributed by atoms with Crippen molar-refractivity contribution in [3.63, 3.8) is 0 Å². The fourth-order valence-corrected chi connectivity index (χ4v) is 0.872. The van der Waals surface area contributed by atoms with Gasteiger partial charge in [-0.05, 0) is 0 Å². The first kappa shape index (κ1) is 5.34. The quantitative estimate of drug-likeness (QED) is 0.586. The summed E-state index contributed by atoms with van der Waals surface area (Å²) in [5, 5.41) is 6.09. The Morgan fingerprint density at radius 2 is 2.20 bits per heavy atom. The molecule has 0 amide bonds. The van der Waals surface area contributed by atoms with Gasteiger partial charge in [0.15, 0.2) is 6.39 Å². The van der Waals surface area contributed by atoms with E-state index in [0.29, 0.717) is 0 Å². The SMILES string of the molecule is C1=CNC(c2cocn2)N1. The molecule has 2 rings (SSSR count). The maximum atomic E-state index is 4.81. The molecule has 0 radical (unpaired) electrons. The van der Waals surface area contributed by atoms with Gasteiger partial charge in [0.2, 0.25) is 0 Å². The molecule has 0 spiro atoms. The van der Waals surface area contributed by atoms with E-state index in [1.54, 1.807) is 6.26 Å². The van der Waals surface area contributed by atoms with E-state index in [9.17, 15) is 0 Å². The summed E-state index contributed by atoms with van der Waals surface area (Å²) in [6.07, 6.45) is 6.77. The Bertz CT molecular complexity index is 221. The summed E-state index contributed by atoms with van der Waals surface area (Å²) in [6, 6.07) is 0. The van der Waals surface area contributed by atoms with Crippen LogP contribution in [-0.2, 0) is 0 Å². The zero-order chi connectivity index (χ0) is 6.81. The van der Waals surface area contributed by atoms with Gasteiger partial charge >= 0.3 is 0 Å². The normalized spacial score (nSPS) is 16.8. The van der Waals surface area contributed by atoms with Crippen molar-refractivity contribution in [2.24, 2.45) is 0 Å². The molecule has 0 saturated carbocycles. The largest absolute Gasteiger partial charge is 0.451 e. The van der Waals surface area contributed by atoms with Crippen LogP contribution in [0.2, 0.25) is 0 Å². The van der Waals surface area contributed by atoms with Crippen molar-refractivity contribution in [3.8, 4) is 0 Å². The van der Waals surface area contributed by atoms with E-state index in [2.05, 4.69) is 15.6 Å². The molecule has 1 aliphatic heterocycles. The second-order valence-corrected chi connectivity index (χ2v) is 2.01. The molecule has 4 heteroatoms. The summed E-state index contributed by atoms with van der Waals surface area (Å²) in [4.78, 5) is 3.97. The molecule has 2 N–H and O–H groups in total. The lowest BCUT2D eigenvalue weighted by molar-refractivity contribution is 0.545. The van der Waals surface area contributed by atoms with Crippen LogP contribution in [0.1, 0.15) is 11.9 Å². The summed E-state index contributed by atoms with van der Waals surface area (Å²) in [6.45, 7) is 0. The van der Waals surface area contributed by atoms with Gasteiger partial charge in [-0.15, -0.1) is 0 Å². The van der Waals surface area contributed by atoms with Crippen LogP contribution < -0.4 is 10.6 Å². The van der Waals surface area contributed by atoms with Crippen LogP contribution in [0, 0.1) is 0 Å². The topological polar surface area (TPSA) is 50.1 Å². The number of aromatic nitrogens is 1. The minimum atomic E-state index is 0.0822. The first-order valence-corrected chi connectivity index (χ1v) is 3.02. The van der Waals surface area contributed by atoms with Crippen molar-refractivity contribution < 1.29 is 4.42 Å². The van der Waals surface area contributed by atoms with Crippen LogP contribution >= 0.6 is 0 Å². The van der Waals surface area contributed by atoms with Crippen LogP contribution in [0.3, 0.4) is 0 Å². The van der Waals surface area contributed by atoms with Gasteiger partial charge in [0.05, 0.1) is 0 Å². The maximum Gasteiger partial charge on any atom is 0.180 e. The first-order chi connectivity index (χ1) is 4.97. The highest BCUT2D eigenvalue weighted by Gasteiger charge is 2.12. The first-order valence-electron chi connectivity index (χ1n) is 3.02. The Labute approximate surface area is 57.9 Å². The van der Waals surface area contributed by atoms with Crippen molar-refractivity contribution >= 4 is 0 Å². The molecule has 0 unspecified atom stereocenters. The Kier molecular flexibility index (Phi) is 1.10. The molecule has 1 aromatic rings. The fraction of sp³-hybridized carbons (Fsp3) is 0.167. The molecule has 0 aromatic carbocycles. The molecule has 2 heterocycles. The third-order valence-corrected chi connectivity index (χ3v) is 1.36. The van der Waals surface area contributed by atoms with Gasteiger partial charge in [-0.3, -0.25) is 0 Å². The van der Waals surface area contributed by atoms with Crippen LogP contribution in [0.25, 0.3) is 0 Å². The lowest BCUT2D eigenvalue weighted by Crippen LogP contribution is -2.20. The second kappa shape index (κ2) is 2.06. The highest BCUT2D eigenvalue weighted by atomic mass is 16.3. The predicted molar refractivity (Wildman–Crippen MR) is 34.7 cm³/mol. The summed E-state index contributed by atoms with van der Waals surface area (Å²) < 4.78 is 4.81. The van der Waals surface area contributed by atoms with Gasteiger partial charge in [0, 0.05) is 12.4 Å². The molecular weight excluding hydrogens is 130 g/mol. The molecule has 1 aromatic heterocycles. The van der Waals surface area contributed by atoms with Gasteiger partial charge in [0.25, 0.3) is 0 Å². The van der Waals surface area contributed by atoms with Gasteiger partial charge in [-0.25, -0.2) is 4.98 Å². The van der Waals surface area contributed by atoms with Gasteiger partial charge in [0.1, 0.15) is 18.1 Å². The monoisotopic (exact) mass is 137 g/mol. The molecule has 4 nitrogen and oxygen atoms in total. The van der Waals surface area contributed by atoms with E-state index in [1.807, 2.05) is 12.4 Å². The molecular formula is C6H7N3O. The molecule has 0 aliphatic carbocycles. The molecule has 10 heavy (non-hydrogen) atoms. The van der Waals surface area contributed by atoms with Crippen molar-refractivity contribution in [1.29, 1.82) is 0 Å². The van der Waals surface area contributed by atoms with Crippen LogP contribution in [0.5, 0.6) is 0 Å². The van der Waals surface area contributed by atoms with E-state index >= 15 is 0 Å². The zero-order valence-corrected chi connectivity index (χ0v) is 5.24. The highest BCUT2D eigenvalue weighted by Crippen LogP contribution is 2.08. The van der Waals surface area contributed by atoms with Crippen molar-refractivity contribution in [2.75, 3.05) is 0 Å². The fourth-order valence-electron chi connectivity index (χ4n) is 0.872. The minimum Gasteiger partial charge on any atom is -0.451 e. The molecule has 0 fully saturated rings. The van der Waals surface area contributed by atoms with E-state index in [1.165, 1.54) is 6.39 Å². The van der Waals surface area contributed by atoms with Gasteiger partial charge in [-0.1, -0.05) is 0 Å². The Morgan fingerprint density at radius 1 is 1.40 bits per heavy atom. The molecule has 0 atom stereocenters. The number of hydrogen-bond acceptors (Lipinski definition) is 4. The van der Waals surface area contributed by atoms with Crippen LogP contribution in [-0.4, -0.2) is 4.98 Å². The molecule has 1 aliphatic rings. The van der Waals surface area contributed by atoms with E-state index in [0.717, 1.165) is 5.69 Å². The predicted octanol–water partition coefficient (Wildman–Crippen LogP) is 0.337. The maximum absolute atomic E-state index is 4.81. The Balaban J connectivity index is 2.14. The minimum absolute atomic E-state index is 0.0822. The number of nitrogens with one attached hydrogen (secondary N) is 2. The second-order valence-electron chi connectivity index (χ2n) is 2.01. The summed E-state index contributed by atoms with van der Waals surface area (Å²) in [5.41, 5.74) is 0.866. The molecule has 0 bridgehead atoms. The molecule has 0 saturated heterocycles. The Morgan fingerprint density at radius 3 is 2.80 bits per heavy atom. The lowest BCUT2D eigenvalue weighted by Gasteiger charge is -2.06. The summed E-state index contributed by atoms with van der Waals surface area (Å²) >= 11 is 0. The van der Waals surface area contributed by atoms with E-state index in [4.69, 9.17) is 4.42 Å². The number of oxazole rings is 1. The van der Waals surface area contributed by atoms with Gasteiger partial charge in [-0.2, -0.15) is 0 Å². The van der Waals surface area contributed by atoms with Crippen molar-refractivity contribution in [3.05, 3.63) is 30.8 Å². The van der Waals surface area contributed by atoms with E-state index < -0.39 is 0 Å². The third kappa shape index (κ3) is 0.737. The lowest BCUT2D eigenvalue weighted by atomic mass is 10.4. The smallest absolute Gasteiger partial charge is 0.180 e.